The van der Waals surface area contributed by atoms with Crippen LogP contribution in [0, 0.1) is 6.92 Å². The van der Waals surface area contributed by atoms with Gasteiger partial charge in [-0.2, -0.15) is 0 Å². The summed E-state index contributed by atoms with van der Waals surface area (Å²) >= 11 is 0. The molecule has 0 fully saturated rings. The molecule has 0 spiro atoms. The molecule has 1 aromatic carbocycles. The topological polar surface area (TPSA) is 52.1 Å². The quantitative estimate of drug-likeness (QED) is 0.756. The minimum atomic E-state index is -0.194. The minimum absolute atomic E-state index is 0.194. The molecule has 0 aliphatic carbocycles. The van der Waals surface area contributed by atoms with Crippen molar-refractivity contribution in [1.82, 2.24) is 9.97 Å². The van der Waals surface area contributed by atoms with E-state index in [-0.39, 0.29) is 6.10 Å². The molecule has 4 nitrogen and oxygen atoms in total. The van der Waals surface area contributed by atoms with Crippen LogP contribution in [0.5, 0.6) is 5.75 Å². The molecule has 1 unspecified atom stereocenters. The molecule has 0 saturated carbocycles. The van der Waals surface area contributed by atoms with Crippen molar-refractivity contribution in [2.24, 2.45) is 0 Å². The van der Waals surface area contributed by atoms with E-state index in [0.29, 0.717) is 11.5 Å². The molecule has 0 bridgehead atoms. The zero-order valence-electron chi connectivity index (χ0n) is 9.96. The van der Waals surface area contributed by atoms with Crippen molar-refractivity contribution in [2.45, 2.75) is 19.4 Å². The maximum Gasteiger partial charge on any atom is 0.170 e. The molecule has 1 aromatic heterocycles. The lowest BCUT2D eigenvalue weighted by molar-refractivity contribution is 0.111. The van der Waals surface area contributed by atoms with E-state index in [0.717, 1.165) is 29.7 Å². The number of para-hydroxylation sites is 1. The number of carbonyl (C=O) groups excluding carboxylic acids is 1. The van der Waals surface area contributed by atoms with E-state index in [1.54, 1.807) is 6.07 Å². The Balaban J connectivity index is 1.94. The Morgan fingerprint density at radius 2 is 2.17 bits per heavy atom. The van der Waals surface area contributed by atoms with Gasteiger partial charge in [-0.25, -0.2) is 9.97 Å². The van der Waals surface area contributed by atoms with Crippen LogP contribution in [-0.4, -0.2) is 16.3 Å². The largest absolute Gasteiger partial charge is 0.482 e. The highest BCUT2D eigenvalue weighted by Gasteiger charge is 2.26. The van der Waals surface area contributed by atoms with Crippen LogP contribution >= 0.6 is 0 Å². The Kier molecular flexibility index (Phi) is 2.55. The molecular weight excluding hydrogens is 228 g/mol. The van der Waals surface area contributed by atoms with Gasteiger partial charge in [0, 0.05) is 12.1 Å². The predicted molar refractivity (Wildman–Crippen MR) is 65.7 cm³/mol. The predicted octanol–water partition coefficient (Wildman–Crippen LogP) is 2.27. The number of aromatic nitrogens is 2. The van der Waals surface area contributed by atoms with Crippen molar-refractivity contribution < 1.29 is 9.53 Å². The Bertz CT molecular complexity index is 585. The molecule has 3 rings (SSSR count). The van der Waals surface area contributed by atoms with Crippen molar-refractivity contribution in [3.63, 3.8) is 0 Å². The number of aldehydes is 1. The number of rotatable bonds is 2. The summed E-state index contributed by atoms with van der Waals surface area (Å²) in [7, 11) is 0. The highest BCUT2D eigenvalue weighted by Crippen LogP contribution is 2.34. The highest BCUT2D eigenvalue weighted by molar-refractivity contribution is 5.71. The second-order valence-electron chi connectivity index (χ2n) is 4.33. The van der Waals surface area contributed by atoms with Crippen LogP contribution in [0.3, 0.4) is 0 Å². The second-order valence-corrected chi connectivity index (χ2v) is 4.33. The van der Waals surface area contributed by atoms with Crippen LogP contribution < -0.4 is 4.74 Å². The van der Waals surface area contributed by atoms with Crippen molar-refractivity contribution in [3.8, 4) is 5.75 Å². The number of ether oxygens (including phenoxy) is 1. The number of nitrogens with zero attached hydrogens (tertiary/aromatic N) is 2. The first kappa shape index (κ1) is 10.9. The van der Waals surface area contributed by atoms with Crippen LogP contribution in [0.1, 0.15) is 33.7 Å². The van der Waals surface area contributed by atoms with Gasteiger partial charge in [-0.15, -0.1) is 0 Å². The number of hydrogen-bond acceptors (Lipinski definition) is 4. The molecule has 1 atom stereocenters. The summed E-state index contributed by atoms with van der Waals surface area (Å²) in [5.74, 6) is 1.45. The molecule has 0 N–H and O–H groups in total. The third-order valence-electron chi connectivity index (χ3n) is 2.95. The van der Waals surface area contributed by atoms with E-state index in [1.165, 1.54) is 0 Å². The summed E-state index contributed by atoms with van der Waals surface area (Å²) in [6.07, 6.45) is 1.29. The van der Waals surface area contributed by atoms with E-state index >= 15 is 0 Å². The molecule has 90 valence electrons. The highest BCUT2D eigenvalue weighted by atomic mass is 16.5. The molecule has 18 heavy (non-hydrogen) atoms. The summed E-state index contributed by atoms with van der Waals surface area (Å²) in [5.41, 5.74) is 2.33. The zero-order chi connectivity index (χ0) is 12.5. The average Bonchev–Trinajstić information content (AvgIpc) is 2.81. The number of benzene rings is 1. The smallest absolute Gasteiger partial charge is 0.170 e. The fourth-order valence-electron chi connectivity index (χ4n) is 2.15. The third-order valence-corrected chi connectivity index (χ3v) is 2.95. The third kappa shape index (κ3) is 1.86. The Hall–Kier alpha value is -2.23. The van der Waals surface area contributed by atoms with Crippen molar-refractivity contribution in [1.29, 1.82) is 0 Å². The van der Waals surface area contributed by atoms with Crippen LogP contribution in [0.25, 0.3) is 0 Å². The minimum Gasteiger partial charge on any atom is -0.482 e. The Labute approximate surface area is 105 Å². The number of carbonyl (C=O) groups is 1. The summed E-state index contributed by atoms with van der Waals surface area (Å²) in [6.45, 7) is 1.85. The van der Waals surface area contributed by atoms with Crippen LogP contribution in [0.2, 0.25) is 0 Å². The maximum atomic E-state index is 10.8. The van der Waals surface area contributed by atoms with Crippen LogP contribution in [0.15, 0.2) is 30.3 Å². The number of hydrogen-bond donors (Lipinski definition) is 0. The molecule has 2 heterocycles. The molecular formula is C14H12N2O2. The Morgan fingerprint density at radius 1 is 1.33 bits per heavy atom. The zero-order valence-corrected chi connectivity index (χ0v) is 9.96. The maximum absolute atomic E-state index is 10.8. The lowest BCUT2D eigenvalue weighted by Crippen LogP contribution is -2.10. The van der Waals surface area contributed by atoms with Gasteiger partial charge in [0.15, 0.2) is 18.2 Å². The van der Waals surface area contributed by atoms with E-state index in [1.807, 2.05) is 31.2 Å². The summed E-state index contributed by atoms with van der Waals surface area (Å²) in [5, 5.41) is 0. The van der Waals surface area contributed by atoms with Crippen molar-refractivity contribution in [3.05, 3.63) is 53.1 Å². The van der Waals surface area contributed by atoms with Gasteiger partial charge in [-0.05, 0) is 24.6 Å². The first-order valence-electron chi connectivity index (χ1n) is 5.81. The van der Waals surface area contributed by atoms with Gasteiger partial charge in [-0.1, -0.05) is 18.2 Å². The molecule has 0 amide bonds. The molecule has 2 aromatic rings. The fourth-order valence-corrected chi connectivity index (χ4v) is 2.15. The van der Waals surface area contributed by atoms with Gasteiger partial charge in [0.2, 0.25) is 0 Å². The van der Waals surface area contributed by atoms with Crippen molar-refractivity contribution >= 4 is 6.29 Å². The van der Waals surface area contributed by atoms with E-state index in [9.17, 15) is 4.79 Å². The summed E-state index contributed by atoms with van der Waals surface area (Å²) < 4.78 is 5.81. The molecule has 1 aliphatic rings. The number of aryl methyl sites for hydroxylation is 1. The van der Waals surface area contributed by atoms with Crippen LogP contribution in [-0.2, 0) is 6.42 Å². The lowest BCUT2D eigenvalue weighted by Gasteiger charge is -2.10. The molecule has 0 radical (unpaired) electrons. The van der Waals surface area contributed by atoms with Crippen LogP contribution in [0.4, 0.5) is 0 Å². The SMILES string of the molecule is Cc1cc(C=O)nc(C2Cc3ccccc3O2)n1. The van der Waals surface area contributed by atoms with E-state index in [4.69, 9.17) is 4.74 Å². The number of fused-ring (bicyclic) bond motifs is 1. The second kappa shape index (κ2) is 4.22. The van der Waals surface area contributed by atoms with Gasteiger partial charge in [0.1, 0.15) is 11.4 Å². The molecule has 1 aliphatic heterocycles. The van der Waals surface area contributed by atoms with Gasteiger partial charge < -0.3 is 4.74 Å². The standard InChI is InChI=1S/C14H12N2O2/c1-9-6-11(8-17)16-14(15-9)13-7-10-4-2-3-5-12(10)18-13/h2-6,8,13H,7H2,1H3. The summed E-state index contributed by atoms with van der Waals surface area (Å²) in [4.78, 5) is 19.4. The van der Waals surface area contributed by atoms with E-state index < -0.39 is 0 Å². The monoisotopic (exact) mass is 240 g/mol. The molecule has 4 heteroatoms. The lowest BCUT2D eigenvalue weighted by atomic mass is 10.1. The van der Waals surface area contributed by atoms with Crippen molar-refractivity contribution in [2.75, 3.05) is 0 Å². The van der Waals surface area contributed by atoms with Gasteiger partial charge in [0.05, 0.1) is 0 Å². The normalized spacial score (nSPS) is 17.1. The van der Waals surface area contributed by atoms with Gasteiger partial charge in [-0.3, -0.25) is 4.79 Å². The summed E-state index contributed by atoms with van der Waals surface area (Å²) in [6, 6.07) is 9.56. The average molecular weight is 240 g/mol. The Morgan fingerprint density at radius 3 is 2.94 bits per heavy atom. The van der Waals surface area contributed by atoms with Gasteiger partial charge >= 0.3 is 0 Å². The first-order valence-corrected chi connectivity index (χ1v) is 5.81. The first-order chi connectivity index (χ1) is 8.76. The molecule has 0 saturated heterocycles. The van der Waals surface area contributed by atoms with E-state index in [2.05, 4.69) is 9.97 Å². The fraction of sp³-hybridized carbons (Fsp3) is 0.214. The van der Waals surface area contributed by atoms with Gasteiger partial charge in [0.25, 0.3) is 0 Å².